The Bertz CT molecular complexity index is 820. The predicted molar refractivity (Wildman–Crippen MR) is 115 cm³/mol. The summed E-state index contributed by atoms with van der Waals surface area (Å²) in [4.78, 5) is 20.0. The van der Waals surface area contributed by atoms with Crippen molar-refractivity contribution in [2.24, 2.45) is 0 Å². The molecule has 5 nitrogen and oxygen atoms in total. The van der Waals surface area contributed by atoms with E-state index in [-0.39, 0.29) is 17.3 Å². The van der Waals surface area contributed by atoms with Gasteiger partial charge in [0.1, 0.15) is 5.82 Å². The van der Waals surface area contributed by atoms with Crippen molar-refractivity contribution in [3.05, 3.63) is 52.1 Å². The van der Waals surface area contributed by atoms with Gasteiger partial charge in [-0.15, -0.1) is 11.8 Å². The van der Waals surface area contributed by atoms with E-state index >= 15 is 0 Å². The van der Waals surface area contributed by atoms with E-state index in [1.807, 2.05) is 19.1 Å². The minimum atomic E-state index is -0.293. The third kappa shape index (κ3) is 5.77. The molecule has 8 heteroatoms. The van der Waals surface area contributed by atoms with Crippen molar-refractivity contribution in [2.45, 2.75) is 36.6 Å². The second kappa shape index (κ2) is 9.83. The van der Waals surface area contributed by atoms with Crippen molar-refractivity contribution >= 4 is 46.7 Å². The molecule has 150 valence electrons. The van der Waals surface area contributed by atoms with Crippen molar-refractivity contribution in [3.63, 3.8) is 0 Å². The molecule has 28 heavy (non-hydrogen) atoms. The van der Waals surface area contributed by atoms with Crippen molar-refractivity contribution in [1.82, 2.24) is 10.3 Å². The van der Waals surface area contributed by atoms with E-state index in [0.29, 0.717) is 23.2 Å². The molecular weight excluding hydrogens is 417 g/mol. The molecule has 0 aliphatic carbocycles. The van der Waals surface area contributed by atoms with Crippen LogP contribution in [0.3, 0.4) is 0 Å². The number of nitrogens with one attached hydrogen (secondary N) is 1. The molecule has 0 bridgehead atoms. The number of ether oxygens (including phenoxy) is 1. The zero-order chi connectivity index (χ0) is 20.1. The van der Waals surface area contributed by atoms with E-state index < -0.39 is 0 Å². The number of anilines is 1. The highest BCUT2D eigenvalue weighted by Crippen LogP contribution is 2.32. The molecule has 2 heterocycles. The van der Waals surface area contributed by atoms with Gasteiger partial charge in [0.25, 0.3) is 0 Å². The van der Waals surface area contributed by atoms with Crippen molar-refractivity contribution < 1.29 is 9.53 Å². The number of thioether (sulfide) groups is 1. The second-order valence-electron chi connectivity index (χ2n) is 6.70. The highest BCUT2D eigenvalue weighted by atomic mass is 35.5. The van der Waals surface area contributed by atoms with Gasteiger partial charge in [0.15, 0.2) is 0 Å². The molecule has 1 aliphatic heterocycles. The van der Waals surface area contributed by atoms with Crippen molar-refractivity contribution in [2.75, 3.05) is 24.6 Å². The number of aromatic nitrogens is 1. The van der Waals surface area contributed by atoms with Crippen LogP contribution in [0.2, 0.25) is 10.0 Å². The Morgan fingerprint density at radius 3 is 2.93 bits per heavy atom. The van der Waals surface area contributed by atoms with Crippen molar-refractivity contribution in [1.29, 1.82) is 0 Å². The Morgan fingerprint density at radius 1 is 1.39 bits per heavy atom. The minimum absolute atomic E-state index is 0.0628. The first kappa shape index (κ1) is 21.2. The second-order valence-corrected chi connectivity index (χ2v) is 8.93. The number of benzene rings is 1. The summed E-state index contributed by atoms with van der Waals surface area (Å²) in [6.07, 6.45) is 2.02. The molecule has 0 spiro atoms. The first-order valence-corrected chi connectivity index (χ1v) is 10.8. The number of amides is 1. The molecule has 1 aromatic heterocycles. The largest absolute Gasteiger partial charge is 0.375 e. The number of rotatable bonds is 6. The van der Waals surface area contributed by atoms with Crippen LogP contribution < -0.4 is 10.2 Å². The van der Waals surface area contributed by atoms with Crippen LogP contribution in [0, 0.1) is 0 Å². The van der Waals surface area contributed by atoms with Crippen LogP contribution in [0.25, 0.3) is 0 Å². The maximum Gasteiger partial charge on any atom is 0.233 e. The number of carbonyl (C=O) groups excluding carboxylic acids is 1. The van der Waals surface area contributed by atoms with Gasteiger partial charge in [-0.25, -0.2) is 4.98 Å². The summed E-state index contributed by atoms with van der Waals surface area (Å²) in [6, 6.07) is 9.22. The highest BCUT2D eigenvalue weighted by molar-refractivity contribution is 8.00. The van der Waals surface area contributed by atoms with E-state index in [1.165, 1.54) is 11.8 Å². The average molecular weight is 440 g/mol. The number of carbonyl (C=O) groups is 1. The van der Waals surface area contributed by atoms with Crippen LogP contribution in [-0.2, 0) is 16.1 Å². The van der Waals surface area contributed by atoms with E-state index in [2.05, 4.69) is 22.1 Å². The average Bonchev–Trinajstić information content (AvgIpc) is 2.69. The van der Waals surface area contributed by atoms with Crippen LogP contribution in [-0.4, -0.2) is 41.9 Å². The third-order valence-electron chi connectivity index (χ3n) is 4.41. The molecular formula is C20H23Cl2N3O2S. The monoisotopic (exact) mass is 439 g/mol. The van der Waals surface area contributed by atoms with E-state index in [4.69, 9.17) is 27.9 Å². The maximum absolute atomic E-state index is 12.4. The molecule has 2 aromatic rings. The highest BCUT2D eigenvalue weighted by Gasteiger charge is 2.18. The standard InChI is InChI=1S/C20H23Cl2N3O2S/c1-13-12-25(7-8-27-13)19-6-3-15(10-23-19)11-24-20(26)14(2)28-18-9-16(21)4-5-17(18)22/h3-6,9-10,13-14H,7-8,11-12H2,1-2H3,(H,24,26). The maximum atomic E-state index is 12.4. The number of morpholine rings is 1. The van der Waals surface area contributed by atoms with Gasteiger partial charge in [-0.3, -0.25) is 4.79 Å². The first-order chi connectivity index (χ1) is 13.4. The van der Waals surface area contributed by atoms with Crippen molar-refractivity contribution in [3.8, 4) is 0 Å². The molecule has 1 fully saturated rings. The molecule has 3 rings (SSSR count). The van der Waals surface area contributed by atoms with Gasteiger partial charge in [0.2, 0.25) is 5.91 Å². The normalized spacial score (nSPS) is 18.0. The number of nitrogens with zero attached hydrogens (tertiary/aromatic N) is 2. The summed E-state index contributed by atoms with van der Waals surface area (Å²) >= 11 is 13.6. The summed E-state index contributed by atoms with van der Waals surface area (Å²) in [5.41, 5.74) is 0.955. The summed E-state index contributed by atoms with van der Waals surface area (Å²) < 4.78 is 5.56. The molecule has 1 aromatic carbocycles. The summed E-state index contributed by atoms with van der Waals surface area (Å²) in [5, 5.41) is 3.84. The number of halogens is 2. The third-order valence-corrected chi connectivity index (χ3v) is 6.24. The molecule has 2 atom stereocenters. The van der Waals surface area contributed by atoms with Gasteiger partial charge < -0.3 is 15.0 Å². The van der Waals surface area contributed by atoms with E-state index in [9.17, 15) is 4.79 Å². The zero-order valence-corrected chi connectivity index (χ0v) is 18.2. The predicted octanol–water partition coefficient (Wildman–Crippen LogP) is 4.41. The van der Waals surface area contributed by atoms with Crippen LogP contribution in [0.1, 0.15) is 19.4 Å². The summed E-state index contributed by atoms with van der Waals surface area (Å²) in [6.45, 7) is 6.73. The Labute approximate surface area is 179 Å². The number of hydrogen-bond acceptors (Lipinski definition) is 5. The van der Waals surface area contributed by atoms with E-state index in [1.54, 1.807) is 24.4 Å². The van der Waals surface area contributed by atoms with Crippen LogP contribution in [0.4, 0.5) is 5.82 Å². The lowest BCUT2D eigenvalue weighted by Gasteiger charge is -2.32. The Kier molecular flexibility index (Phi) is 7.46. The number of hydrogen-bond donors (Lipinski definition) is 1. The van der Waals surface area contributed by atoms with E-state index in [0.717, 1.165) is 29.4 Å². The van der Waals surface area contributed by atoms with Crippen LogP contribution in [0.5, 0.6) is 0 Å². The SMILES string of the molecule is CC1CN(c2ccc(CNC(=O)C(C)Sc3cc(Cl)ccc3Cl)cn2)CCO1. The molecule has 2 unspecified atom stereocenters. The molecule has 1 N–H and O–H groups in total. The zero-order valence-electron chi connectivity index (χ0n) is 15.8. The van der Waals surface area contributed by atoms with Gasteiger partial charge in [-0.05, 0) is 43.7 Å². The lowest BCUT2D eigenvalue weighted by atomic mass is 10.2. The van der Waals surface area contributed by atoms with Gasteiger partial charge in [0.05, 0.1) is 23.0 Å². The summed E-state index contributed by atoms with van der Waals surface area (Å²) in [5.74, 6) is 0.872. The smallest absolute Gasteiger partial charge is 0.233 e. The minimum Gasteiger partial charge on any atom is -0.375 e. The van der Waals surface area contributed by atoms with Gasteiger partial charge >= 0.3 is 0 Å². The molecule has 0 saturated carbocycles. The first-order valence-electron chi connectivity index (χ1n) is 9.13. The lowest BCUT2D eigenvalue weighted by Crippen LogP contribution is -2.41. The Balaban J connectivity index is 1.51. The Hall–Kier alpha value is -1.47. The lowest BCUT2D eigenvalue weighted by molar-refractivity contribution is -0.120. The quantitative estimate of drug-likeness (QED) is 0.675. The van der Waals surface area contributed by atoms with Gasteiger partial charge in [0, 0.05) is 35.7 Å². The summed E-state index contributed by atoms with van der Waals surface area (Å²) in [7, 11) is 0. The van der Waals surface area contributed by atoms with Crippen LogP contribution >= 0.6 is 35.0 Å². The van der Waals surface area contributed by atoms with Crippen LogP contribution in [0.15, 0.2) is 41.4 Å². The topological polar surface area (TPSA) is 54.5 Å². The number of pyridine rings is 1. The fourth-order valence-electron chi connectivity index (χ4n) is 2.88. The van der Waals surface area contributed by atoms with Gasteiger partial charge in [-0.2, -0.15) is 0 Å². The molecule has 1 aliphatic rings. The molecule has 1 amide bonds. The van der Waals surface area contributed by atoms with Gasteiger partial charge in [-0.1, -0.05) is 29.3 Å². The fraction of sp³-hybridized carbons (Fsp3) is 0.400. The Morgan fingerprint density at radius 2 is 2.21 bits per heavy atom. The molecule has 0 radical (unpaired) electrons. The fourth-order valence-corrected chi connectivity index (χ4v) is 4.31. The molecule has 1 saturated heterocycles.